The van der Waals surface area contributed by atoms with Gasteiger partial charge in [-0.15, -0.1) is 0 Å². The maximum atomic E-state index is 12.9. The van der Waals surface area contributed by atoms with Gasteiger partial charge >= 0.3 is 6.09 Å². The number of likely N-dealkylation sites (tertiary alicyclic amines) is 1. The summed E-state index contributed by atoms with van der Waals surface area (Å²) in [6.07, 6.45) is -1.16. The Morgan fingerprint density at radius 1 is 1.35 bits per heavy atom. The Morgan fingerprint density at radius 3 is 2.65 bits per heavy atom. The Balaban J connectivity index is 1.96. The highest BCUT2D eigenvalue weighted by molar-refractivity contribution is 7.86. The third-order valence-corrected chi connectivity index (χ3v) is 4.41. The minimum absolute atomic E-state index is 0.0693. The van der Waals surface area contributed by atoms with E-state index in [0.29, 0.717) is 0 Å². The second-order valence-corrected chi connectivity index (χ2v) is 7.92. The van der Waals surface area contributed by atoms with E-state index >= 15 is 0 Å². The van der Waals surface area contributed by atoms with Crippen molar-refractivity contribution in [2.24, 2.45) is 0 Å². The molecule has 1 aromatic rings. The summed E-state index contributed by atoms with van der Waals surface area (Å²) in [5, 5.41) is 0. The van der Waals surface area contributed by atoms with E-state index in [-0.39, 0.29) is 32.8 Å². The van der Waals surface area contributed by atoms with Crippen LogP contribution in [0.3, 0.4) is 0 Å². The van der Waals surface area contributed by atoms with Crippen LogP contribution in [0, 0.1) is 0 Å². The minimum atomic E-state index is -3.65. The summed E-state index contributed by atoms with van der Waals surface area (Å²) >= 11 is 0. The number of rotatable bonds is 8. The van der Waals surface area contributed by atoms with E-state index in [1.54, 1.807) is 0 Å². The number of nitrogens with zero attached hydrogens (tertiary/aromatic N) is 1. The summed E-state index contributed by atoms with van der Waals surface area (Å²) in [7, 11) is -3.65. The van der Waals surface area contributed by atoms with Crippen molar-refractivity contribution in [1.82, 2.24) is 4.90 Å². The number of carbonyl (C=O) groups excluding carboxylic acids is 1. The SMILES string of the molecule is CC(F)COC[C@@H]1C[C@@H](OS(C)(=O)=O)CN1C(=O)OCc1ccccc1. The molecule has 1 fully saturated rings. The lowest BCUT2D eigenvalue weighted by Gasteiger charge is -2.23. The Morgan fingerprint density at radius 2 is 2.04 bits per heavy atom. The predicted octanol–water partition coefficient (Wildman–Crippen LogP) is 2.12. The number of amides is 1. The summed E-state index contributed by atoms with van der Waals surface area (Å²) in [6, 6.07) is 8.75. The average Bonchev–Trinajstić information content (AvgIpc) is 2.94. The van der Waals surface area contributed by atoms with Crippen LogP contribution in [0.2, 0.25) is 0 Å². The van der Waals surface area contributed by atoms with Crippen LogP contribution >= 0.6 is 0 Å². The molecular weight excluding hydrogens is 365 g/mol. The first-order valence-corrected chi connectivity index (χ1v) is 10.1. The van der Waals surface area contributed by atoms with Crippen LogP contribution in [0.1, 0.15) is 18.9 Å². The molecule has 1 unspecified atom stereocenters. The van der Waals surface area contributed by atoms with E-state index < -0.39 is 34.5 Å². The van der Waals surface area contributed by atoms with Crippen molar-refractivity contribution < 1.29 is 31.3 Å². The van der Waals surface area contributed by atoms with Gasteiger partial charge in [0.05, 0.1) is 38.2 Å². The highest BCUT2D eigenvalue weighted by Crippen LogP contribution is 2.23. The van der Waals surface area contributed by atoms with E-state index in [1.807, 2.05) is 30.3 Å². The van der Waals surface area contributed by atoms with Gasteiger partial charge in [0.25, 0.3) is 10.1 Å². The fourth-order valence-electron chi connectivity index (χ4n) is 2.74. The molecular formula is C17H24FNO6S. The van der Waals surface area contributed by atoms with Crippen LogP contribution in [-0.2, 0) is 30.4 Å². The predicted molar refractivity (Wildman–Crippen MR) is 92.8 cm³/mol. The van der Waals surface area contributed by atoms with Gasteiger partial charge in [-0.2, -0.15) is 8.42 Å². The molecule has 0 aromatic heterocycles. The lowest BCUT2D eigenvalue weighted by molar-refractivity contribution is 0.0386. The van der Waals surface area contributed by atoms with Crippen LogP contribution in [0.15, 0.2) is 30.3 Å². The fourth-order valence-corrected chi connectivity index (χ4v) is 3.37. The molecule has 1 aliphatic heterocycles. The number of ether oxygens (including phenoxy) is 2. The van der Waals surface area contributed by atoms with Crippen LogP contribution in [-0.4, -0.2) is 63.7 Å². The third-order valence-electron chi connectivity index (χ3n) is 3.78. The van der Waals surface area contributed by atoms with Gasteiger partial charge in [0.2, 0.25) is 0 Å². The minimum Gasteiger partial charge on any atom is -0.445 e. The monoisotopic (exact) mass is 389 g/mol. The fraction of sp³-hybridized carbons (Fsp3) is 0.588. The van der Waals surface area contributed by atoms with Crippen molar-refractivity contribution in [3.63, 3.8) is 0 Å². The largest absolute Gasteiger partial charge is 0.445 e. The molecule has 1 saturated heterocycles. The average molecular weight is 389 g/mol. The van der Waals surface area contributed by atoms with Gasteiger partial charge in [-0.05, 0) is 18.9 Å². The number of halogens is 1. The van der Waals surface area contributed by atoms with E-state index in [2.05, 4.69) is 0 Å². The van der Waals surface area contributed by atoms with Crippen LogP contribution in [0.4, 0.5) is 9.18 Å². The molecule has 0 aliphatic carbocycles. The Labute approximate surface area is 153 Å². The second-order valence-electron chi connectivity index (χ2n) is 6.32. The number of alkyl halides is 1. The highest BCUT2D eigenvalue weighted by atomic mass is 32.2. The smallest absolute Gasteiger partial charge is 0.410 e. The molecule has 0 saturated carbocycles. The maximum Gasteiger partial charge on any atom is 0.410 e. The molecule has 26 heavy (non-hydrogen) atoms. The van der Waals surface area contributed by atoms with E-state index in [1.165, 1.54) is 11.8 Å². The quantitative estimate of drug-likeness (QED) is 0.634. The van der Waals surface area contributed by atoms with Crippen LogP contribution < -0.4 is 0 Å². The van der Waals surface area contributed by atoms with Gasteiger partial charge in [-0.25, -0.2) is 9.18 Å². The van der Waals surface area contributed by atoms with Gasteiger partial charge < -0.3 is 14.4 Å². The van der Waals surface area contributed by atoms with Crippen LogP contribution in [0.25, 0.3) is 0 Å². The lowest BCUT2D eigenvalue weighted by atomic mass is 10.2. The van der Waals surface area contributed by atoms with Crippen molar-refractivity contribution in [1.29, 1.82) is 0 Å². The van der Waals surface area contributed by atoms with Gasteiger partial charge in [-0.1, -0.05) is 30.3 Å². The molecule has 0 bridgehead atoms. The zero-order valence-corrected chi connectivity index (χ0v) is 15.7. The maximum absolute atomic E-state index is 12.9. The van der Waals surface area contributed by atoms with Gasteiger partial charge in [0.15, 0.2) is 0 Å². The van der Waals surface area contributed by atoms with E-state index in [9.17, 15) is 17.6 Å². The normalized spacial score (nSPS) is 21.6. The molecule has 7 nitrogen and oxygen atoms in total. The molecule has 2 rings (SSSR count). The summed E-state index contributed by atoms with van der Waals surface area (Å²) < 4.78 is 51.2. The second kappa shape index (κ2) is 9.29. The summed E-state index contributed by atoms with van der Waals surface area (Å²) in [6.45, 7) is 1.53. The molecule has 3 atom stereocenters. The van der Waals surface area contributed by atoms with Crippen molar-refractivity contribution >= 4 is 16.2 Å². The Kier molecular flexibility index (Phi) is 7.36. The highest BCUT2D eigenvalue weighted by Gasteiger charge is 2.38. The molecule has 1 amide bonds. The third kappa shape index (κ3) is 6.89. The topological polar surface area (TPSA) is 82.1 Å². The Bertz CT molecular complexity index is 682. The van der Waals surface area contributed by atoms with Crippen LogP contribution in [0.5, 0.6) is 0 Å². The van der Waals surface area contributed by atoms with Crippen molar-refractivity contribution in [3.05, 3.63) is 35.9 Å². The van der Waals surface area contributed by atoms with Crippen molar-refractivity contribution in [2.75, 3.05) is 26.0 Å². The Hall–Kier alpha value is -1.71. The van der Waals surface area contributed by atoms with Crippen molar-refractivity contribution in [3.8, 4) is 0 Å². The van der Waals surface area contributed by atoms with E-state index in [4.69, 9.17) is 13.7 Å². The zero-order valence-electron chi connectivity index (χ0n) is 14.8. The number of benzene rings is 1. The molecule has 1 aliphatic rings. The van der Waals surface area contributed by atoms with Gasteiger partial charge in [-0.3, -0.25) is 4.18 Å². The molecule has 0 spiro atoms. The number of hydrogen-bond acceptors (Lipinski definition) is 6. The molecule has 9 heteroatoms. The standard InChI is InChI=1S/C17H24FNO6S/c1-13(18)10-23-12-15-8-16(25-26(2,21)22)9-19(15)17(20)24-11-14-6-4-3-5-7-14/h3-7,13,15-16H,8-12H2,1-2H3/t13?,15-,16+/m0/s1. The molecule has 1 aromatic carbocycles. The first-order valence-electron chi connectivity index (χ1n) is 8.32. The lowest BCUT2D eigenvalue weighted by Crippen LogP contribution is -2.39. The summed E-state index contributed by atoms with van der Waals surface area (Å²) in [5.41, 5.74) is 0.836. The van der Waals surface area contributed by atoms with E-state index in [0.717, 1.165) is 11.8 Å². The molecule has 0 N–H and O–H groups in total. The molecule has 0 radical (unpaired) electrons. The first-order chi connectivity index (χ1) is 12.2. The zero-order chi connectivity index (χ0) is 19.2. The van der Waals surface area contributed by atoms with Gasteiger partial charge in [0.1, 0.15) is 12.8 Å². The van der Waals surface area contributed by atoms with Gasteiger partial charge in [0, 0.05) is 0 Å². The number of hydrogen-bond donors (Lipinski definition) is 0. The summed E-state index contributed by atoms with van der Waals surface area (Å²) in [5.74, 6) is 0. The first kappa shape index (κ1) is 20.6. The molecule has 1 heterocycles. The van der Waals surface area contributed by atoms with Crippen molar-refractivity contribution in [2.45, 2.75) is 38.3 Å². The summed E-state index contributed by atoms with van der Waals surface area (Å²) in [4.78, 5) is 13.8. The number of carbonyl (C=O) groups is 1. The molecule has 146 valence electrons.